The summed E-state index contributed by atoms with van der Waals surface area (Å²) in [5.41, 5.74) is 1.49. The molecule has 0 atom stereocenters. The van der Waals surface area contributed by atoms with Crippen LogP contribution in [0, 0.1) is 38.3 Å². The van der Waals surface area contributed by atoms with Gasteiger partial charge in [0.2, 0.25) is 0 Å². The van der Waals surface area contributed by atoms with E-state index in [2.05, 4.69) is 186 Å². The van der Waals surface area contributed by atoms with Gasteiger partial charge in [-0.2, -0.15) is 0 Å². The van der Waals surface area contributed by atoms with Crippen molar-refractivity contribution in [2.45, 2.75) is 103 Å². The summed E-state index contributed by atoms with van der Waals surface area (Å²) >= 11 is 4.44. The third-order valence-corrected chi connectivity index (χ3v) is 8.48. The minimum atomic E-state index is -0.323. The molecule has 4 nitrogen and oxygen atoms in total. The maximum absolute atomic E-state index is 5.98. The Morgan fingerprint density at radius 3 is 1.07 bits per heavy atom. The fourth-order valence-electron chi connectivity index (χ4n) is 4.32. The van der Waals surface area contributed by atoms with E-state index in [4.69, 9.17) is 18.6 Å². The molecule has 44 heavy (non-hydrogen) atoms. The molecule has 0 aliphatic carbocycles. The summed E-state index contributed by atoms with van der Waals surface area (Å²) in [4.78, 5) is 0. The Kier molecular flexibility index (Phi) is 19.2. The first-order valence-corrected chi connectivity index (χ1v) is 18.7. The molecule has 2 aromatic rings. The van der Waals surface area contributed by atoms with Crippen LogP contribution in [0.5, 0.6) is 0 Å². The summed E-state index contributed by atoms with van der Waals surface area (Å²) in [6.07, 6.45) is 8.17. The van der Waals surface area contributed by atoms with Gasteiger partial charge in [0.15, 0.2) is 0 Å². The first kappa shape index (κ1) is 42.3. The van der Waals surface area contributed by atoms with Gasteiger partial charge in [0.25, 0.3) is 0 Å². The molecule has 2 heterocycles. The molecule has 0 saturated carbocycles. The molecule has 0 N–H and O–H groups in total. The molecule has 2 aromatic carbocycles. The Labute approximate surface area is 299 Å². The van der Waals surface area contributed by atoms with E-state index in [-0.39, 0.29) is 36.6 Å². The molecule has 2 aliphatic rings. The maximum atomic E-state index is 5.98. The van der Waals surface area contributed by atoms with Gasteiger partial charge in [-0.15, -0.1) is 0 Å². The topological polar surface area (TPSA) is 36.9 Å². The van der Waals surface area contributed by atoms with E-state index in [0.29, 0.717) is 0 Å². The second-order valence-electron chi connectivity index (χ2n) is 12.8. The van der Waals surface area contributed by atoms with Crippen molar-refractivity contribution in [3.63, 3.8) is 0 Å². The number of benzene rings is 2. The summed E-state index contributed by atoms with van der Waals surface area (Å²) in [6.45, 7) is 24.7. The van der Waals surface area contributed by atoms with E-state index < -0.39 is 0 Å². The second-order valence-corrected chi connectivity index (χ2v) is 12.8. The van der Waals surface area contributed by atoms with Gasteiger partial charge in [-0.1, -0.05) is 60.7 Å². The Morgan fingerprint density at radius 2 is 0.818 bits per heavy atom. The molecule has 246 valence electrons. The van der Waals surface area contributed by atoms with Gasteiger partial charge in [-0.05, 0) is 119 Å². The van der Waals surface area contributed by atoms with Crippen LogP contribution < -0.4 is 0 Å². The van der Waals surface area contributed by atoms with Crippen LogP contribution >= 0.6 is 19.1 Å². The molecule has 2 aliphatic heterocycles. The first-order chi connectivity index (χ1) is 20.6. The van der Waals surface area contributed by atoms with Crippen LogP contribution in [0.2, 0.25) is 0 Å². The van der Waals surface area contributed by atoms with Crippen molar-refractivity contribution in [3.05, 3.63) is 110 Å². The van der Waals surface area contributed by atoms with Crippen LogP contribution in [0.1, 0.15) is 79.4 Å². The van der Waals surface area contributed by atoms with Gasteiger partial charge in [0.05, 0.1) is 22.4 Å². The van der Waals surface area contributed by atoms with Gasteiger partial charge in [-0.3, -0.25) is 0 Å². The van der Waals surface area contributed by atoms with Crippen molar-refractivity contribution in [2.24, 2.45) is 0 Å². The number of hydrogen-bond donors (Lipinski definition) is 0. The molecular formula is C34H48B2Cl2O4Pd2+2. The van der Waals surface area contributed by atoms with Crippen LogP contribution in [-0.2, 0) is 67.8 Å². The van der Waals surface area contributed by atoms with Crippen molar-refractivity contribution >= 4 is 33.3 Å². The summed E-state index contributed by atoms with van der Waals surface area (Å²) in [7, 11) is 8.33. The third kappa shape index (κ3) is 13.1. The Hall–Kier alpha value is 0.315. The third-order valence-electron chi connectivity index (χ3n) is 8.48. The summed E-state index contributed by atoms with van der Waals surface area (Å²) in [6, 6.07) is 20.9. The van der Waals surface area contributed by atoms with Crippen LogP contribution in [0.25, 0.3) is 0 Å². The quantitative estimate of drug-likeness (QED) is 0.224. The minimum absolute atomic E-state index is 0.298. The fourth-order valence-corrected chi connectivity index (χ4v) is 4.32. The van der Waals surface area contributed by atoms with Crippen LogP contribution in [0.4, 0.5) is 0 Å². The standard InChI is InChI=1S/2C17H24BO2.2ClH.2Pd/c2*1-14(10-9-13-15-11-7-6-8-12-15)18-19-16(2,3)17(4,5)20-18;;;;/h2*6-8,10-12H,1,9,13H2,2-5H3;2*1H;;/q;;;;2*+2/p-2. The zero-order valence-electron chi connectivity index (χ0n) is 27.3. The van der Waals surface area contributed by atoms with E-state index in [1.165, 1.54) is 11.1 Å². The van der Waals surface area contributed by atoms with Crippen molar-refractivity contribution in [3.8, 4) is 0 Å². The van der Waals surface area contributed by atoms with Crippen LogP contribution in [0.3, 0.4) is 0 Å². The van der Waals surface area contributed by atoms with Crippen LogP contribution in [0.15, 0.2) is 60.7 Å². The number of aryl methyl sites for hydroxylation is 2. The molecule has 0 spiro atoms. The number of rotatable bonds is 10. The van der Waals surface area contributed by atoms with Gasteiger partial charge in [0, 0.05) is 11.6 Å². The molecule has 0 aromatic heterocycles. The monoisotopic (exact) mass is 824 g/mol. The Balaban J connectivity index is 0.000000395. The van der Waals surface area contributed by atoms with Crippen molar-refractivity contribution in [2.75, 3.05) is 0 Å². The average molecular weight is 826 g/mol. The average Bonchev–Trinajstić information content (AvgIpc) is 3.36. The van der Waals surface area contributed by atoms with Crippen molar-refractivity contribution < 1.29 is 55.0 Å². The molecule has 0 bridgehead atoms. The van der Waals surface area contributed by atoms with Gasteiger partial charge < -0.3 is 18.6 Å². The SMILES string of the molecule is [CH2][C]([CH]CCc1ccccc1)B1OC(C)(C)C(C)(C)O1.[CH2][C]([CH]CCc1ccccc1)B1OC(C)(C)C(C)(C)O1.[Cl][Pd+].[Cl][Pd+]. The zero-order chi connectivity index (χ0) is 33.6. The predicted molar refractivity (Wildman–Crippen MR) is 179 cm³/mol. The number of hydrogen-bond acceptors (Lipinski definition) is 4. The summed E-state index contributed by atoms with van der Waals surface area (Å²) in [5, 5.41) is 0. The zero-order valence-corrected chi connectivity index (χ0v) is 32.0. The van der Waals surface area contributed by atoms with Crippen molar-refractivity contribution in [1.82, 2.24) is 0 Å². The van der Waals surface area contributed by atoms with E-state index in [0.717, 1.165) is 37.3 Å². The first-order valence-electron chi connectivity index (χ1n) is 14.7. The molecule has 2 saturated heterocycles. The molecular weight excluding hydrogens is 778 g/mol. The van der Waals surface area contributed by atoms with Gasteiger partial charge in [-0.25, -0.2) is 0 Å². The fraction of sp³-hybridized carbons (Fsp3) is 0.471. The summed E-state index contributed by atoms with van der Waals surface area (Å²) < 4.78 is 23.9. The predicted octanol–water partition coefficient (Wildman–Crippen LogP) is 9.10. The normalized spacial score (nSPS) is 19.0. The molecule has 6 radical (unpaired) electrons. The Morgan fingerprint density at radius 1 is 0.568 bits per heavy atom. The van der Waals surface area contributed by atoms with E-state index in [9.17, 15) is 0 Å². The van der Waals surface area contributed by atoms with Crippen molar-refractivity contribution in [1.29, 1.82) is 0 Å². The van der Waals surface area contributed by atoms with Gasteiger partial charge in [0.1, 0.15) is 0 Å². The molecule has 0 amide bonds. The van der Waals surface area contributed by atoms with E-state index in [1.807, 2.05) is 12.1 Å². The second kappa shape index (κ2) is 20.0. The van der Waals surface area contributed by atoms with Crippen LogP contribution in [-0.4, -0.2) is 36.6 Å². The molecule has 2 fully saturated rings. The number of halogens is 2. The summed E-state index contributed by atoms with van der Waals surface area (Å²) in [5.74, 6) is 1.83. The molecule has 4 rings (SSSR count). The Bertz CT molecular complexity index is 931. The van der Waals surface area contributed by atoms with E-state index >= 15 is 0 Å². The molecule has 0 unspecified atom stereocenters. The van der Waals surface area contributed by atoms with Gasteiger partial charge >= 0.3 is 69.7 Å². The van der Waals surface area contributed by atoms with E-state index in [1.54, 1.807) is 0 Å². The molecule has 10 heteroatoms.